The normalized spacial score (nSPS) is 28.8. The van der Waals surface area contributed by atoms with Gasteiger partial charge in [0, 0.05) is 12.6 Å². The number of carbonyl (C=O) groups excluding carboxylic acids is 1. The molecular weight excluding hydrogens is 182 g/mol. The number of morpholine rings is 1. The Balaban J connectivity index is 2.37. The molecule has 0 aromatic rings. The van der Waals surface area contributed by atoms with Crippen molar-refractivity contribution in [2.45, 2.75) is 32.9 Å². The first-order valence-corrected chi connectivity index (χ1v) is 5.14. The maximum Gasteiger partial charge on any atom is 0.320 e. The predicted molar refractivity (Wildman–Crippen MR) is 53.1 cm³/mol. The second-order valence-electron chi connectivity index (χ2n) is 3.73. The lowest BCUT2D eigenvalue weighted by Crippen LogP contribution is -2.49. The molecule has 1 heterocycles. The van der Waals surface area contributed by atoms with E-state index in [4.69, 9.17) is 9.47 Å². The average molecular weight is 201 g/mol. The molecule has 4 nitrogen and oxygen atoms in total. The van der Waals surface area contributed by atoms with Gasteiger partial charge in [0.2, 0.25) is 0 Å². The molecule has 1 aliphatic rings. The lowest BCUT2D eigenvalue weighted by atomic mass is 10.2. The number of rotatable bonds is 3. The highest BCUT2D eigenvalue weighted by Crippen LogP contribution is 2.10. The molecule has 1 aliphatic heterocycles. The zero-order chi connectivity index (χ0) is 10.6. The van der Waals surface area contributed by atoms with Gasteiger partial charge in [-0.15, -0.1) is 0 Å². The fourth-order valence-electron chi connectivity index (χ4n) is 1.56. The van der Waals surface area contributed by atoms with Gasteiger partial charge in [-0.1, -0.05) is 0 Å². The van der Waals surface area contributed by atoms with Crippen LogP contribution in [0.2, 0.25) is 0 Å². The number of esters is 1. The van der Waals surface area contributed by atoms with Gasteiger partial charge in [-0.05, 0) is 20.8 Å². The quantitative estimate of drug-likeness (QED) is 0.629. The third-order valence-corrected chi connectivity index (χ3v) is 2.37. The number of hydrogen-bond donors (Lipinski definition) is 0. The summed E-state index contributed by atoms with van der Waals surface area (Å²) in [6, 6.07) is 0.301. The van der Waals surface area contributed by atoms with Gasteiger partial charge in [0.1, 0.15) is 0 Å². The maximum atomic E-state index is 11.3. The molecule has 0 amide bonds. The van der Waals surface area contributed by atoms with E-state index in [1.54, 1.807) is 0 Å². The van der Waals surface area contributed by atoms with Crippen LogP contribution in [0, 0.1) is 0 Å². The van der Waals surface area contributed by atoms with Crippen LogP contribution in [0.1, 0.15) is 20.8 Å². The zero-order valence-corrected chi connectivity index (χ0v) is 9.16. The molecule has 0 spiro atoms. The Hall–Kier alpha value is -0.610. The van der Waals surface area contributed by atoms with E-state index in [0.29, 0.717) is 25.8 Å². The predicted octanol–water partition coefficient (Wildman–Crippen LogP) is 0.659. The molecule has 1 rings (SSSR count). The number of nitrogens with zero attached hydrogens (tertiary/aromatic N) is 1. The van der Waals surface area contributed by atoms with Gasteiger partial charge in [-0.3, -0.25) is 9.69 Å². The number of carbonyl (C=O) groups is 1. The van der Waals surface area contributed by atoms with E-state index < -0.39 is 0 Å². The Morgan fingerprint density at radius 2 is 2.29 bits per heavy atom. The van der Waals surface area contributed by atoms with Crippen molar-refractivity contribution in [1.82, 2.24) is 4.90 Å². The minimum Gasteiger partial charge on any atom is -0.465 e. The zero-order valence-electron chi connectivity index (χ0n) is 9.16. The van der Waals surface area contributed by atoms with Crippen molar-refractivity contribution in [2.75, 3.05) is 26.3 Å². The molecule has 4 heteroatoms. The van der Waals surface area contributed by atoms with E-state index in [1.165, 1.54) is 0 Å². The highest BCUT2D eigenvalue weighted by molar-refractivity contribution is 5.71. The van der Waals surface area contributed by atoms with E-state index in [9.17, 15) is 4.79 Å². The van der Waals surface area contributed by atoms with Crippen LogP contribution in [0.15, 0.2) is 0 Å². The molecule has 82 valence electrons. The van der Waals surface area contributed by atoms with Crippen molar-refractivity contribution in [3.63, 3.8) is 0 Å². The molecule has 2 atom stereocenters. The summed E-state index contributed by atoms with van der Waals surface area (Å²) < 4.78 is 10.4. The van der Waals surface area contributed by atoms with Gasteiger partial charge in [-0.2, -0.15) is 0 Å². The number of ether oxygens (including phenoxy) is 2. The van der Waals surface area contributed by atoms with Gasteiger partial charge in [0.05, 0.1) is 25.9 Å². The van der Waals surface area contributed by atoms with Gasteiger partial charge in [0.15, 0.2) is 0 Å². The largest absolute Gasteiger partial charge is 0.465 e. The van der Waals surface area contributed by atoms with E-state index in [2.05, 4.69) is 11.8 Å². The monoisotopic (exact) mass is 201 g/mol. The van der Waals surface area contributed by atoms with Crippen LogP contribution in [0.25, 0.3) is 0 Å². The number of hydrogen-bond acceptors (Lipinski definition) is 4. The summed E-state index contributed by atoms with van der Waals surface area (Å²) in [6.07, 6.45) is 0.209. The first kappa shape index (κ1) is 11.5. The maximum absolute atomic E-state index is 11.3. The van der Waals surface area contributed by atoms with E-state index in [-0.39, 0.29) is 12.1 Å². The molecular formula is C10H19NO3. The Labute approximate surface area is 85.2 Å². The first-order chi connectivity index (χ1) is 6.63. The highest BCUT2D eigenvalue weighted by atomic mass is 16.5. The fraction of sp³-hybridized carbons (Fsp3) is 0.900. The summed E-state index contributed by atoms with van der Waals surface area (Å²) in [5, 5.41) is 0. The first-order valence-electron chi connectivity index (χ1n) is 5.14. The second kappa shape index (κ2) is 5.32. The van der Waals surface area contributed by atoms with Crippen molar-refractivity contribution in [2.24, 2.45) is 0 Å². The second-order valence-corrected chi connectivity index (χ2v) is 3.73. The molecule has 1 fully saturated rings. The lowest BCUT2D eigenvalue weighted by Gasteiger charge is -2.35. The van der Waals surface area contributed by atoms with Crippen LogP contribution in [0.3, 0.4) is 0 Å². The van der Waals surface area contributed by atoms with Gasteiger partial charge < -0.3 is 9.47 Å². The molecule has 14 heavy (non-hydrogen) atoms. The summed E-state index contributed by atoms with van der Waals surface area (Å²) in [5.74, 6) is -0.145. The summed E-state index contributed by atoms with van der Waals surface area (Å²) in [5.41, 5.74) is 0. The SMILES string of the molecule is CCOC(=O)CN1CC(C)OCC1C. The van der Waals surface area contributed by atoms with Gasteiger partial charge in [-0.25, -0.2) is 0 Å². The van der Waals surface area contributed by atoms with E-state index >= 15 is 0 Å². The molecule has 0 radical (unpaired) electrons. The molecule has 0 N–H and O–H groups in total. The van der Waals surface area contributed by atoms with Gasteiger partial charge in [0.25, 0.3) is 0 Å². The van der Waals surface area contributed by atoms with Crippen molar-refractivity contribution < 1.29 is 14.3 Å². The van der Waals surface area contributed by atoms with Crippen molar-refractivity contribution in [1.29, 1.82) is 0 Å². The van der Waals surface area contributed by atoms with Crippen LogP contribution in [-0.2, 0) is 14.3 Å². The van der Waals surface area contributed by atoms with Crippen molar-refractivity contribution in [3.05, 3.63) is 0 Å². The minimum atomic E-state index is -0.145. The fourth-order valence-corrected chi connectivity index (χ4v) is 1.56. The third kappa shape index (κ3) is 3.27. The third-order valence-electron chi connectivity index (χ3n) is 2.37. The van der Waals surface area contributed by atoms with Crippen LogP contribution in [0.5, 0.6) is 0 Å². The smallest absolute Gasteiger partial charge is 0.320 e. The van der Waals surface area contributed by atoms with Crippen LogP contribution >= 0.6 is 0 Å². The summed E-state index contributed by atoms with van der Waals surface area (Å²) in [7, 11) is 0. The molecule has 0 saturated carbocycles. The van der Waals surface area contributed by atoms with E-state index in [0.717, 1.165) is 6.54 Å². The molecule has 0 bridgehead atoms. The van der Waals surface area contributed by atoms with Crippen LogP contribution in [0.4, 0.5) is 0 Å². The standard InChI is InChI=1S/C10H19NO3/c1-4-13-10(12)6-11-5-9(3)14-7-8(11)2/h8-9H,4-7H2,1-3H3. The molecule has 0 aromatic heterocycles. The molecule has 2 unspecified atom stereocenters. The topological polar surface area (TPSA) is 38.8 Å². The summed E-state index contributed by atoms with van der Waals surface area (Å²) in [4.78, 5) is 13.4. The molecule has 1 saturated heterocycles. The summed E-state index contributed by atoms with van der Waals surface area (Å²) in [6.45, 7) is 8.23. The summed E-state index contributed by atoms with van der Waals surface area (Å²) >= 11 is 0. The Morgan fingerprint density at radius 1 is 1.57 bits per heavy atom. The molecule has 0 aliphatic carbocycles. The molecule has 0 aromatic carbocycles. The average Bonchev–Trinajstić information content (AvgIpc) is 2.12. The van der Waals surface area contributed by atoms with Crippen molar-refractivity contribution in [3.8, 4) is 0 Å². The van der Waals surface area contributed by atoms with Crippen LogP contribution < -0.4 is 0 Å². The van der Waals surface area contributed by atoms with Gasteiger partial charge >= 0.3 is 5.97 Å². The Morgan fingerprint density at radius 3 is 2.93 bits per heavy atom. The Kier molecular flexibility index (Phi) is 4.35. The van der Waals surface area contributed by atoms with E-state index in [1.807, 2.05) is 13.8 Å². The minimum absolute atomic E-state index is 0.145. The van der Waals surface area contributed by atoms with Crippen molar-refractivity contribution >= 4 is 5.97 Å². The highest BCUT2D eigenvalue weighted by Gasteiger charge is 2.25. The van der Waals surface area contributed by atoms with Crippen LogP contribution in [-0.4, -0.2) is 49.3 Å². The lowest BCUT2D eigenvalue weighted by molar-refractivity contribution is -0.147. The Bertz CT molecular complexity index is 196.